The molecule has 1 fully saturated rings. The first-order chi connectivity index (χ1) is 8.40. The number of halogens is 1. The van der Waals surface area contributed by atoms with Crippen molar-refractivity contribution in [3.63, 3.8) is 0 Å². The van der Waals surface area contributed by atoms with E-state index < -0.39 is 0 Å². The van der Waals surface area contributed by atoms with Gasteiger partial charge in [-0.3, -0.25) is 0 Å². The van der Waals surface area contributed by atoms with Crippen LogP contribution in [0.3, 0.4) is 0 Å². The van der Waals surface area contributed by atoms with E-state index >= 15 is 0 Å². The molecule has 1 heterocycles. The van der Waals surface area contributed by atoms with Gasteiger partial charge in [0.1, 0.15) is 0 Å². The van der Waals surface area contributed by atoms with Crippen molar-refractivity contribution in [2.24, 2.45) is 11.1 Å². The number of hydrogen-bond acceptors (Lipinski definition) is 3. The van der Waals surface area contributed by atoms with Crippen molar-refractivity contribution in [2.75, 3.05) is 7.11 Å². The lowest BCUT2D eigenvalue weighted by molar-refractivity contribution is -0.0787. The first-order valence-electron chi connectivity index (χ1n) is 6.44. The molecule has 0 aromatic carbocycles. The minimum absolute atomic E-state index is 0.119. The van der Waals surface area contributed by atoms with Crippen molar-refractivity contribution in [3.8, 4) is 0 Å². The molecule has 2 rings (SSSR count). The Kier molecular flexibility index (Phi) is 4.07. The van der Waals surface area contributed by atoms with Crippen molar-refractivity contribution in [3.05, 3.63) is 21.3 Å². The van der Waals surface area contributed by atoms with Gasteiger partial charge in [0.15, 0.2) is 0 Å². The fourth-order valence-electron chi connectivity index (χ4n) is 2.76. The lowest BCUT2D eigenvalue weighted by Gasteiger charge is -2.45. The van der Waals surface area contributed by atoms with Gasteiger partial charge in [0.2, 0.25) is 0 Å². The molecule has 1 aromatic rings. The van der Waals surface area contributed by atoms with Crippen LogP contribution in [0.4, 0.5) is 0 Å². The second-order valence-corrected chi connectivity index (χ2v) is 7.40. The Labute approximate surface area is 118 Å². The summed E-state index contributed by atoms with van der Waals surface area (Å²) in [6.07, 6.45) is 4.31. The van der Waals surface area contributed by atoms with Crippen LogP contribution < -0.4 is 5.73 Å². The molecule has 1 saturated carbocycles. The topological polar surface area (TPSA) is 35.2 Å². The summed E-state index contributed by atoms with van der Waals surface area (Å²) in [6.45, 7) is 4.63. The third-order valence-electron chi connectivity index (χ3n) is 4.35. The van der Waals surface area contributed by atoms with Crippen LogP contribution in [0.5, 0.6) is 0 Å². The van der Waals surface area contributed by atoms with Crippen molar-refractivity contribution in [1.29, 1.82) is 0 Å². The Morgan fingerprint density at radius 2 is 1.94 bits per heavy atom. The van der Waals surface area contributed by atoms with E-state index in [4.69, 9.17) is 22.1 Å². The van der Waals surface area contributed by atoms with Crippen LogP contribution in [0.2, 0.25) is 5.02 Å². The molecular formula is C14H22ClNOS. The number of nitrogens with two attached hydrogens (primary N) is 1. The van der Waals surface area contributed by atoms with Crippen molar-refractivity contribution < 1.29 is 4.74 Å². The summed E-state index contributed by atoms with van der Waals surface area (Å²) in [7, 11) is 1.78. The molecule has 1 aromatic heterocycles. The van der Waals surface area contributed by atoms with E-state index in [-0.39, 0.29) is 11.6 Å². The molecule has 0 spiro atoms. The summed E-state index contributed by atoms with van der Waals surface area (Å²) in [5, 5.41) is 2.77. The molecule has 1 aliphatic rings. The number of rotatable bonds is 3. The maximum Gasteiger partial charge on any atom is 0.0879 e. The SMILES string of the molecule is COC1(C(N)c2sccc2Cl)CCC(C)(C)CC1. The summed E-state index contributed by atoms with van der Waals surface area (Å²) < 4.78 is 5.84. The zero-order chi connectivity index (χ0) is 13.4. The van der Waals surface area contributed by atoms with E-state index in [0.717, 1.165) is 35.6 Å². The second kappa shape index (κ2) is 5.12. The van der Waals surface area contributed by atoms with Gasteiger partial charge in [0, 0.05) is 12.0 Å². The predicted octanol–water partition coefficient (Wildman–Crippen LogP) is 4.39. The largest absolute Gasteiger partial charge is 0.376 e. The molecule has 18 heavy (non-hydrogen) atoms. The van der Waals surface area contributed by atoms with Crippen molar-refractivity contribution >= 4 is 22.9 Å². The van der Waals surface area contributed by atoms with Crippen LogP contribution in [0.15, 0.2) is 11.4 Å². The molecule has 1 aliphatic carbocycles. The molecule has 1 atom stereocenters. The van der Waals surface area contributed by atoms with Gasteiger partial charge in [-0.15, -0.1) is 11.3 Å². The zero-order valence-electron chi connectivity index (χ0n) is 11.3. The second-order valence-electron chi connectivity index (χ2n) is 6.04. The van der Waals surface area contributed by atoms with Gasteiger partial charge in [-0.2, -0.15) is 0 Å². The molecule has 0 aliphatic heterocycles. The Bertz CT molecular complexity index is 406. The maximum atomic E-state index is 6.45. The van der Waals surface area contributed by atoms with Gasteiger partial charge in [-0.25, -0.2) is 0 Å². The third-order valence-corrected chi connectivity index (χ3v) is 5.79. The smallest absolute Gasteiger partial charge is 0.0879 e. The average Bonchev–Trinajstić information content (AvgIpc) is 2.75. The minimum atomic E-state index is -0.246. The average molecular weight is 288 g/mol. The van der Waals surface area contributed by atoms with E-state index in [1.165, 1.54) is 0 Å². The van der Waals surface area contributed by atoms with E-state index in [9.17, 15) is 0 Å². The molecule has 102 valence electrons. The first kappa shape index (κ1) is 14.3. The standard InChI is InChI=1S/C14H22ClNOS/c1-13(2)5-7-14(17-3,8-6-13)12(16)11-10(15)4-9-18-11/h4,9,12H,5-8,16H2,1-3H3. The van der Waals surface area contributed by atoms with Gasteiger partial charge >= 0.3 is 0 Å². The zero-order valence-corrected chi connectivity index (χ0v) is 12.9. The third kappa shape index (κ3) is 2.60. The van der Waals surface area contributed by atoms with Gasteiger partial charge in [-0.1, -0.05) is 25.4 Å². The lowest BCUT2D eigenvalue weighted by Crippen LogP contribution is -2.47. The predicted molar refractivity (Wildman–Crippen MR) is 78.2 cm³/mol. The van der Waals surface area contributed by atoms with Crippen LogP contribution in [-0.2, 0) is 4.74 Å². The highest BCUT2D eigenvalue weighted by Gasteiger charge is 2.44. The minimum Gasteiger partial charge on any atom is -0.376 e. The molecule has 0 radical (unpaired) electrons. The van der Waals surface area contributed by atoms with Gasteiger partial charge in [0.25, 0.3) is 0 Å². The van der Waals surface area contributed by atoms with E-state index in [2.05, 4.69) is 13.8 Å². The van der Waals surface area contributed by atoms with Crippen molar-refractivity contribution in [1.82, 2.24) is 0 Å². The monoisotopic (exact) mass is 287 g/mol. The van der Waals surface area contributed by atoms with Crippen molar-refractivity contribution in [2.45, 2.75) is 51.2 Å². The molecule has 2 nitrogen and oxygen atoms in total. The van der Waals surface area contributed by atoms with Gasteiger partial charge < -0.3 is 10.5 Å². The molecule has 0 saturated heterocycles. The number of hydrogen-bond donors (Lipinski definition) is 1. The highest BCUT2D eigenvalue weighted by Crippen LogP contribution is 2.48. The quantitative estimate of drug-likeness (QED) is 0.895. The Balaban J connectivity index is 2.21. The summed E-state index contributed by atoms with van der Waals surface area (Å²) in [4.78, 5) is 1.05. The molecular weight excluding hydrogens is 266 g/mol. The molecule has 2 N–H and O–H groups in total. The Morgan fingerprint density at radius 1 is 1.33 bits per heavy atom. The summed E-state index contributed by atoms with van der Waals surface area (Å²) >= 11 is 7.83. The molecule has 0 amide bonds. The van der Waals surface area contributed by atoms with Gasteiger partial charge in [-0.05, 0) is 42.5 Å². The van der Waals surface area contributed by atoms with E-state index in [0.29, 0.717) is 5.41 Å². The highest BCUT2D eigenvalue weighted by molar-refractivity contribution is 7.10. The fraction of sp³-hybridized carbons (Fsp3) is 0.714. The van der Waals surface area contributed by atoms with E-state index in [1.54, 1.807) is 18.4 Å². The number of thiophene rings is 1. The summed E-state index contributed by atoms with van der Waals surface area (Å²) in [6, 6.07) is 1.79. The molecule has 1 unspecified atom stereocenters. The Morgan fingerprint density at radius 3 is 2.39 bits per heavy atom. The number of methoxy groups -OCH3 is 1. The van der Waals surface area contributed by atoms with Crippen LogP contribution in [0, 0.1) is 5.41 Å². The highest BCUT2D eigenvalue weighted by atomic mass is 35.5. The molecule has 0 bridgehead atoms. The molecule has 4 heteroatoms. The maximum absolute atomic E-state index is 6.45. The fourth-order valence-corrected chi connectivity index (χ4v) is 4.04. The van der Waals surface area contributed by atoms with Crippen LogP contribution in [-0.4, -0.2) is 12.7 Å². The van der Waals surface area contributed by atoms with Crippen LogP contribution >= 0.6 is 22.9 Å². The van der Waals surface area contributed by atoms with E-state index in [1.807, 2.05) is 11.4 Å². The Hall–Kier alpha value is -0.0900. The van der Waals surface area contributed by atoms with Crippen LogP contribution in [0.1, 0.15) is 50.4 Å². The lowest BCUT2D eigenvalue weighted by atomic mass is 9.68. The van der Waals surface area contributed by atoms with Crippen LogP contribution in [0.25, 0.3) is 0 Å². The first-order valence-corrected chi connectivity index (χ1v) is 7.70. The summed E-state index contributed by atoms with van der Waals surface area (Å²) in [5.74, 6) is 0. The number of ether oxygens (including phenoxy) is 1. The normalized spacial score (nSPS) is 23.8. The summed E-state index contributed by atoms with van der Waals surface area (Å²) in [5.41, 5.74) is 6.61. The van der Waals surface area contributed by atoms with Gasteiger partial charge in [0.05, 0.1) is 16.7 Å².